The van der Waals surface area contributed by atoms with Crippen LogP contribution < -0.4 is 14.8 Å². The molecule has 27 heavy (non-hydrogen) atoms. The summed E-state index contributed by atoms with van der Waals surface area (Å²) in [7, 11) is 3.24. The van der Waals surface area contributed by atoms with E-state index in [2.05, 4.69) is 5.32 Å². The van der Waals surface area contributed by atoms with E-state index in [1.54, 1.807) is 11.0 Å². The third kappa shape index (κ3) is 5.26. The largest absolute Gasteiger partial charge is 0.493 e. The number of nitrogens with one attached hydrogen (secondary N) is 1. The summed E-state index contributed by atoms with van der Waals surface area (Å²) in [5, 5.41) is 2.21. The Bertz CT molecular complexity index is 751. The Hall–Kier alpha value is -2.00. The zero-order valence-corrected chi connectivity index (χ0v) is 17.2. The molecule has 0 aromatic heterocycles. The highest BCUT2D eigenvalue weighted by Gasteiger charge is 2.34. The van der Waals surface area contributed by atoms with Crippen molar-refractivity contribution in [2.45, 2.75) is 23.0 Å². The fraction of sp³-hybridized carbons (Fsp3) is 0.611. The lowest BCUT2D eigenvalue weighted by Gasteiger charge is -2.32. The van der Waals surface area contributed by atoms with Crippen LogP contribution in [0.5, 0.6) is 11.5 Å². The summed E-state index contributed by atoms with van der Waals surface area (Å²) in [4.78, 5) is 16.1. The molecule has 1 aromatic rings. The summed E-state index contributed by atoms with van der Waals surface area (Å²) in [6.07, 6.45) is 1.18. The lowest BCUT2D eigenvalue weighted by molar-refractivity contribution is 0.186. The molecule has 1 unspecified atom stereocenters. The number of methoxy groups -OCH3 is 2. The first-order valence-electron chi connectivity index (χ1n) is 8.93. The van der Waals surface area contributed by atoms with Gasteiger partial charge >= 0.3 is 6.03 Å². The fourth-order valence-corrected chi connectivity index (χ4v) is 4.83. The first-order chi connectivity index (χ1) is 12.8. The average molecular weight is 400 g/mol. The van der Waals surface area contributed by atoms with E-state index in [1.165, 1.54) is 26.4 Å². The maximum absolute atomic E-state index is 13.1. The summed E-state index contributed by atoms with van der Waals surface area (Å²) in [5.41, 5.74) is 0. The quantitative estimate of drug-likeness (QED) is 0.742. The molecular formula is C18H29N3O5S. The topological polar surface area (TPSA) is 88.2 Å². The summed E-state index contributed by atoms with van der Waals surface area (Å²) in [5.74, 6) is 0.842. The lowest BCUT2D eigenvalue weighted by Crippen LogP contribution is -2.49. The van der Waals surface area contributed by atoms with Crippen LogP contribution >= 0.6 is 0 Å². The minimum atomic E-state index is -3.59. The fourth-order valence-electron chi connectivity index (χ4n) is 3.06. The molecule has 1 aliphatic rings. The average Bonchev–Trinajstić information content (AvgIpc) is 2.67. The number of sulfone groups is 1. The molecule has 0 spiro atoms. The van der Waals surface area contributed by atoms with E-state index in [9.17, 15) is 13.2 Å². The number of urea groups is 1. The van der Waals surface area contributed by atoms with Crippen LogP contribution in [0.15, 0.2) is 23.1 Å². The molecular weight excluding hydrogens is 370 g/mol. The van der Waals surface area contributed by atoms with Gasteiger partial charge in [-0.2, -0.15) is 0 Å². The van der Waals surface area contributed by atoms with Crippen LogP contribution in [0.4, 0.5) is 4.79 Å². The molecule has 8 nitrogen and oxygen atoms in total. The number of likely N-dealkylation sites (tertiary alicyclic amines) is 1. The highest BCUT2D eigenvalue weighted by molar-refractivity contribution is 7.92. The first-order valence-corrected chi connectivity index (χ1v) is 10.5. The molecule has 0 aliphatic carbocycles. The zero-order valence-electron chi connectivity index (χ0n) is 16.4. The number of carbonyl (C=O) groups excluding carboxylic acids is 1. The predicted octanol–water partition coefficient (Wildman–Crippen LogP) is 1.21. The van der Waals surface area contributed by atoms with Crippen molar-refractivity contribution in [2.75, 3.05) is 54.5 Å². The van der Waals surface area contributed by atoms with Gasteiger partial charge in [0.25, 0.3) is 0 Å². The summed E-state index contributed by atoms with van der Waals surface area (Å²) < 4.78 is 36.5. The van der Waals surface area contributed by atoms with Gasteiger partial charge in [-0.15, -0.1) is 0 Å². The maximum Gasteiger partial charge on any atom is 0.317 e. The molecule has 1 heterocycles. The molecule has 2 amide bonds. The smallest absolute Gasteiger partial charge is 0.317 e. The van der Waals surface area contributed by atoms with Crippen molar-refractivity contribution < 1.29 is 22.7 Å². The van der Waals surface area contributed by atoms with Crippen molar-refractivity contribution in [1.82, 2.24) is 15.1 Å². The normalized spacial score (nSPS) is 17.7. The number of likely N-dealkylation sites (N-methyl/N-ethyl adjacent to an activating group) is 1. The molecule has 0 saturated carbocycles. The van der Waals surface area contributed by atoms with Crippen molar-refractivity contribution in [1.29, 1.82) is 0 Å². The molecule has 1 atom stereocenters. The third-order valence-corrected chi connectivity index (χ3v) is 6.80. The van der Waals surface area contributed by atoms with E-state index in [1.807, 2.05) is 19.0 Å². The molecule has 1 aliphatic heterocycles. The second-order valence-electron chi connectivity index (χ2n) is 6.81. The van der Waals surface area contributed by atoms with Crippen LogP contribution in [0.2, 0.25) is 0 Å². The number of hydrogen-bond donors (Lipinski definition) is 1. The third-order valence-electron chi connectivity index (χ3n) is 4.62. The minimum absolute atomic E-state index is 0.181. The van der Waals surface area contributed by atoms with Gasteiger partial charge in [0.1, 0.15) is 0 Å². The minimum Gasteiger partial charge on any atom is -0.493 e. The molecule has 1 aromatic carbocycles. The van der Waals surface area contributed by atoms with E-state index in [0.717, 1.165) is 6.54 Å². The van der Waals surface area contributed by atoms with Crippen LogP contribution in [0, 0.1) is 0 Å². The molecule has 1 N–H and O–H groups in total. The molecule has 9 heteroatoms. The predicted molar refractivity (Wildman–Crippen MR) is 103 cm³/mol. The first kappa shape index (κ1) is 21.3. The highest BCUT2D eigenvalue weighted by atomic mass is 32.2. The molecule has 1 saturated heterocycles. The van der Waals surface area contributed by atoms with Crippen LogP contribution in [0.25, 0.3) is 0 Å². The van der Waals surface area contributed by atoms with E-state index in [4.69, 9.17) is 9.47 Å². The molecule has 1 fully saturated rings. The van der Waals surface area contributed by atoms with Crippen molar-refractivity contribution in [3.63, 3.8) is 0 Å². The number of amides is 2. The lowest BCUT2D eigenvalue weighted by atomic mass is 10.1. The number of ether oxygens (including phenoxy) is 2. The summed E-state index contributed by atoms with van der Waals surface area (Å²) in [6.45, 7) is 2.00. The SMILES string of the molecule is COc1ccc(S(=O)(=O)C2CCCN(C(=O)NCCN(C)C)C2)cc1OC. The Morgan fingerprint density at radius 2 is 1.96 bits per heavy atom. The molecule has 0 bridgehead atoms. The Labute approximate surface area is 161 Å². The van der Waals surface area contributed by atoms with Crippen molar-refractivity contribution >= 4 is 15.9 Å². The van der Waals surface area contributed by atoms with Crippen molar-refractivity contribution in [3.05, 3.63) is 18.2 Å². The highest BCUT2D eigenvalue weighted by Crippen LogP contribution is 2.32. The summed E-state index contributed by atoms with van der Waals surface area (Å²) in [6, 6.07) is 4.36. The molecule has 2 rings (SSSR count). The van der Waals surface area contributed by atoms with Gasteiger partial charge in [0.15, 0.2) is 21.3 Å². The Kier molecular flexibility index (Phi) is 7.32. The van der Waals surface area contributed by atoms with Crippen LogP contribution in [-0.4, -0.2) is 84.0 Å². The van der Waals surface area contributed by atoms with E-state index in [0.29, 0.717) is 37.4 Å². The van der Waals surface area contributed by atoms with Gasteiger partial charge in [-0.3, -0.25) is 0 Å². The molecule has 0 radical (unpaired) electrons. The number of nitrogens with zero attached hydrogens (tertiary/aromatic N) is 2. The van der Waals surface area contributed by atoms with Gasteiger partial charge in [0.05, 0.1) is 24.4 Å². The standard InChI is InChI=1S/C18H29N3O5S/c1-20(2)11-9-19-18(22)21-10-5-6-15(13-21)27(23,24)14-7-8-16(25-3)17(12-14)26-4/h7-8,12,15H,5-6,9-11,13H2,1-4H3,(H,19,22). The number of hydrogen-bond acceptors (Lipinski definition) is 6. The van der Waals surface area contributed by atoms with Crippen molar-refractivity contribution in [2.24, 2.45) is 0 Å². The van der Waals surface area contributed by atoms with Gasteiger partial charge in [-0.05, 0) is 39.1 Å². The second kappa shape index (κ2) is 9.27. The maximum atomic E-state index is 13.1. The number of carbonyl (C=O) groups is 1. The Morgan fingerprint density at radius 1 is 1.26 bits per heavy atom. The van der Waals surface area contributed by atoms with E-state index >= 15 is 0 Å². The van der Waals surface area contributed by atoms with Crippen molar-refractivity contribution in [3.8, 4) is 11.5 Å². The second-order valence-corrected chi connectivity index (χ2v) is 9.04. The Balaban J connectivity index is 2.11. The number of benzene rings is 1. The molecule has 152 valence electrons. The van der Waals surface area contributed by atoms with Gasteiger partial charge in [-0.1, -0.05) is 0 Å². The van der Waals surface area contributed by atoms with Gasteiger partial charge in [0, 0.05) is 32.2 Å². The zero-order chi connectivity index (χ0) is 20.0. The monoisotopic (exact) mass is 399 g/mol. The summed E-state index contributed by atoms with van der Waals surface area (Å²) >= 11 is 0. The van der Waals surface area contributed by atoms with Crippen LogP contribution in [0.3, 0.4) is 0 Å². The van der Waals surface area contributed by atoms with Crippen LogP contribution in [0.1, 0.15) is 12.8 Å². The van der Waals surface area contributed by atoms with Crippen LogP contribution in [-0.2, 0) is 9.84 Å². The van der Waals surface area contributed by atoms with E-state index in [-0.39, 0.29) is 17.5 Å². The Morgan fingerprint density at radius 3 is 2.59 bits per heavy atom. The van der Waals surface area contributed by atoms with Gasteiger partial charge < -0.3 is 24.6 Å². The van der Waals surface area contributed by atoms with Gasteiger partial charge in [0.2, 0.25) is 0 Å². The number of rotatable bonds is 7. The van der Waals surface area contributed by atoms with Gasteiger partial charge in [-0.25, -0.2) is 13.2 Å². The number of piperidine rings is 1. The van der Waals surface area contributed by atoms with E-state index < -0.39 is 15.1 Å².